The van der Waals surface area contributed by atoms with Gasteiger partial charge in [-0.05, 0) is 55.9 Å². The van der Waals surface area contributed by atoms with Crippen molar-refractivity contribution in [1.82, 2.24) is 9.88 Å². The number of hydrogen-bond acceptors (Lipinski definition) is 2. The standard InChI is InChI=1S/C17H21F3N2/c1-12(2)15-14(17(18,19)20)5-4-13(21-15)10-22-9-8-16(11-22)6-3-7-16/h4-5H,1,3,6-11H2,2H3. The van der Waals surface area contributed by atoms with Crippen LogP contribution in [-0.2, 0) is 12.7 Å². The third kappa shape index (κ3) is 2.91. The summed E-state index contributed by atoms with van der Waals surface area (Å²) in [5, 5.41) is 0. The number of allylic oxidation sites excluding steroid dienone is 1. The Labute approximate surface area is 129 Å². The molecule has 2 heterocycles. The van der Waals surface area contributed by atoms with Crippen LogP contribution in [0.2, 0.25) is 0 Å². The van der Waals surface area contributed by atoms with Gasteiger partial charge in [0.25, 0.3) is 0 Å². The van der Waals surface area contributed by atoms with Crippen LogP contribution in [0, 0.1) is 5.41 Å². The fourth-order valence-electron chi connectivity index (χ4n) is 3.62. The van der Waals surface area contributed by atoms with Gasteiger partial charge < -0.3 is 0 Å². The van der Waals surface area contributed by atoms with E-state index < -0.39 is 11.7 Å². The van der Waals surface area contributed by atoms with Crippen LogP contribution >= 0.6 is 0 Å². The maximum Gasteiger partial charge on any atom is 0.418 e. The zero-order chi connectivity index (χ0) is 16.0. The number of halogens is 3. The molecule has 22 heavy (non-hydrogen) atoms. The van der Waals surface area contributed by atoms with Crippen molar-refractivity contribution in [2.24, 2.45) is 5.41 Å². The van der Waals surface area contributed by atoms with Crippen LogP contribution in [0.25, 0.3) is 5.57 Å². The summed E-state index contributed by atoms with van der Waals surface area (Å²) >= 11 is 0. The lowest BCUT2D eigenvalue weighted by molar-refractivity contribution is -0.138. The first kappa shape index (κ1) is 15.5. The number of likely N-dealkylation sites (tertiary alicyclic amines) is 1. The fourth-order valence-corrected chi connectivity index (χ4v) is 3.62. The van der Waals surface area contributed by atoms with E-state index in [1.54, 1.807) is 6.92 Å². The molecule has 1 spiro atoms. The second-order valence-electron chi connectivity index (χ2n) is 6.79. The van der Waals surface area contributed by atoms with Crippen molar-refractivity contribution in [3.63, 3.8) is 0 Å². The molecular weight excluding hydrogens is 289 g/mol. The molecule has 1 saturated heterocycles. The highest BCUT2D eigenvalue weighted by Crippen LogP contribution is 2.48. The molecular formula is C17H21F3N2. The highest BCUT2D eigenvalue weighted by molar-refractivity contribution is 5.61. The average molecular weight is 310 g/mol. The zero-order valence-electron chi connectivity index (χ0n) is 12.8. The molecule has 0 radical (unpaired) electrons. The van der Waals surface area contributed by atoms with Crippen molar-refractivity contribution in [2.75, 3.05) is 13.1 Å². The molecule has 0 amide bonds. The molecule has 1 aromatic rings. The molecule has 0 atom stereocenters. The van der Waals surface area contributed by atoms with Crippen molar-refractivity contribution >= 4 is 5.57 Å². The van der Waals surface area contributed by atoms with Gasteiger partial charge in [-0.1, -0.05) is 13.0 Å². The summed E-state index contributed by atoms with van der Waals surface area (Å²) in [6, 6.07) is 2.64. The Hall–Kier alpha value is -1.36. The Balaban J connectivity index is 1.77. The molecule has 3 rings (SSSR count). The van der Waals surface area contributed by atoms with Crippen LogP contribution < -0.4 is 0 Å². The maximum atomic E-state index is 13.0. The lowest BCUT2D eigenvalue weighted by Crippen LogP contribution is -2.33. The van der Waals surface area contributed by atoms with E-state index in [4.69, 9.17) is 0 Å². The van der Waals surface area contributed by atoms with Gasteiger partial charge in [0, 0.05) is 13.1 Å². The van der Waals surface area contributed by atoms with Gasteiger partial charge in [-0.15, -0.1) is 0 Å². The van der Waals surface area contributed by atoms with Gasteiger partial charge in [-0.25, -0.2) is 0 Å². The van der Waals surface area contributed by atoms with E-state index in [0.29, 0.717) is 23.2 Å². The molecule has 0 bridgehead atoms. The van der Waals surface area contributed by atoms with Crippen LogP contribution in [0.1, 0.15) is 49.6 Å². The van der Waals surface area contributed by atoms with E-state index in [9.17, 15) is 13.2 Å². The molecule has 0 aromatic carbocycles. The van der Waals surface area contributed by atoms with Gasteiger partial charge in [0.2, 0.25) is 0 Å². The van der Waals surface area contributed by atoms with Gasteiger partial charge in [-0.3, -0.25) is 9.88 Å². The number of hydrogen-bond donors (Lipinski definition) is 0. The van der Waals surface area contributed by atoms with E-state index in [1.165, 1.54) is 31.7 Å². The molecule has 2 fully saturated rings. The Bertz CT molecular complexity index is 588. The van der Waals surface area contributed by atoms with Crippen molar-refractivity contribution in [3.8, 4) is 0 Å². The number of alkyl halides is 3. The average Bonchev–Trinajstić information content (AvgIpc) is 2.81. The molecule has 1 saturated carbocycles. The molecule has 5 heteroatoms. The Morgan fingerprint density at radius 1 is 1.32 bits per heavy atom. The van der Waals surface area contributed by atoms with Crippen LogP contribution in [-0.4, -0.2) is 23.0 Å². The zero-order valence-corrected chi connectivity index (χ0v) is 12.8. The minimum atomic E-state index is -4.39. The monoisotopic (exact) mass is 310 g/mol. The minimum absolute atomic E-state index is 0.0254. The normalized spacial score (nSPS) is 21.1. The van der Waals surface area contributed by atoms with Gasteiger partial charge in [-0.2, -0.15) is 13.2 Å². The van der Waals surface area contributed by atoms with Crippen LogP contribution in [0.4, 0.5) is 13.2 Å². The predicted molar refractivity (Wildman–Crippen MR) is 80.1 cm³/mol. The summed E-state index contributed by atoms with van der Waals surface area (Å²) in [4.78, 5) is 6.55. The lowest BCUT2D eigenvalue weighted by atomic mass is 9.68. The summed E-state index contributed by atoms with van der Waals surface area (Å²) < 4.78 is 39.0. The van der Waals surface area contributed by atoms with Crippen LogP contribution in [0.15, 0.2) is 18.7 Å². The topological polar surface area (TPSA) is 16.1 Å². The minimum Gasteiger partial charge on any atom is -0.297 e. The molecule has 1 aliphatic heterocycles. The summed E-state index contributed by atoms with van der Waals surface area (Å²) in [6.07, 6.45) is 0.721. The summed E-state index contributed by atoms with van der Waals surface area (Å²) in [7, 11) is 0. The fraction of sp³-hybridized carbons (Fsp3) is 0.588. The Morgan fingerprint density at radius 2 is 2.05 bits per heavy atom. The van der Waals surface area contributed by atoms with E-state index in [2.05, 4.69) is 16.5 Å². The molecule has 2 aliphatic rings. The molecule has 1 aromatic heterocycles. The molecule has 120 valence electrons. The van der Waals surface area contributed by atoms with Crippen molar-refractivity contribution in [1.29, 1.82) is 0 Å². The number of rotatable bonds is 3. The van der Waals surface area contributed by atoms with Crippen molar-refractivity contribution in [2.45, 2.75) is 45.3 Å². The summed E-state index contributed by atoms with van der Waals surface area (Å²) in [5.74, 6) is 0. The first-order valence-corrected chi connectivity index (χ1v) is 7.74. The molecule has 0 N–H and O–H groups in total. The summed E-state index contributed by atoms with van der Waals surface area (Å²) in [6.45, 7) is 7.91. The van der Waals surface area contributed by atoms with Gasteiger partial charge in [0.1, 0.15) is 0 Å². The van der Waals surface area contributed by atoms with Crippen molar-refractivity contribution < 1.29 is 13.2 Å². The van der Waals surface area contributed by atoms with Gasteiger partial charge in [0.05, 0.1) is 17.0 Å². The second kappa shape index (κ2) is 5.37. The van der Waals surface area contributed by atoms with Gasteiger partial charge >= 0.3 is 6.18 Å². The number of aromatic nitrogens is 1. The molecule has 0 unspecified atom stereocenters. The smallest absolute Gasteiger partial charge is 0.297 e. The highest BCUT2D eigenvalue weighted by Gasteiger charge is 2.42. The quantitative estimate of drug-likeness (QED) is 0.816. The van der Waals surface area contributed by atoms with E-state index in [1.807, 2.05) is 0 Å². The molecule has 1 aliphatic carbocycles. The van der Waals surface area contributed by atoms with Gasteiger partial charge in [0.15, 0.2) is 0 Å². The lowest BCUT2D eigenvalue weighted by Gasteiger charge is -2.38. The van der Waals surface area contributed by atoms with E-state index >= 15 is 0 Å². The number of pyridine rings is 1. The SMILES string of the molecule is C=C(C)c1nc(CN2CCC3(CCC3)C2)ccc1C(F)(F)F. The second-order valence-corrected chi connectivity index (χ2v) is 6.79. The van der Waals surface area contributed by atoms with Crippen molar-refractivity contribution in [3.05, 3.63) is 35.7 Å². The van der Waals surface area contributed by atoms with Crippen LogP contribution in [0.3, 0.4) is 0 Å². The highest BCUT2D eigenvalue weighted by atomic mass is 19.4. The Kier molecular flexibility index (Phi) is 3.79. The van der Waals surface area contributed by atoms with Crippen LogP contribution in [0.5, 0.6) is 0 Å². The summed E-state index contributed by atoms with van der Waals surface area (Å²) in [5.41, 5.74) is 0.819. The van der Waals surface area contributed by atoms with E-state index in [-0.39, 0.29) is 5.69 Å². The number of nitrogens with zero attached hydrogens (tertiary/aromatic N) is 2. The third-order valence-corrected chi connectivity index (χ3v) is 4.98. The molecule has 2 nitrogen and oxygen atoms in total. The first-order valence-electron chi connectivity index (χ1n) is 7.74. The Morgan fingerprint density at radius 3 is 2.55 bits per heavy atom. The van der Waals surface area contributed by atoms with E-state index in [0.717, 1.165) is 19.2 Å². The largest absolute Gasteiger partial charge is 0.418 e. The predicted octanol–water partition coefficient (Wildman–Crippen LogP) is 4.51. The first-order chi connectivity index (χ1) is 10.3. The maximum absolute atomic E-state index is 13.0. The third-order valence-electron chi connectivity index (χ3n) is 4.98.